The number of ether oxygens (including phenoxy) is 2. The molecule has 0 radical (unpaired) electrons. The Kier molecular flexibility index (Phi) is 3.53. The van der Waals surface area contributed by atoms with Crippen LogP contribution in [0.1, 0.15) is 23.2 Å². The first-order valence-corrected chi connectivity index (χ1v) is 6.84. The molecule has 1 aromatic carbocycles. The van der Waals surface area contributed by atoms with Crippen molar-refractivity contribution < 1.29 is 14.3 Å². The lowest BCUT2D eigenvalue weighted by Crippen LogP contribution is -2.37. The van der Waals surface area contributed by atoms with Crippen LogP contribution in [-0.4, -0.2) is 38.2 Å². The van der Waals surface area contributed by atoms with E-state index in [1.54, 1.807) is 0 Å². The van der Waals surface area contributed by atoms with E-state index in [0.717, 1.165) is 18.6 Å². The highest BCUT2D eigenvalue weighted by atomic mass is 16.5. The van der Waals surface area contributed by atoms with Crippen molar-refractivity contribution in [1.29, 1.82) is 0 Å². The number of carbonyl (C=O) groups is 1. The molecule has 2 aliphatic rings. The van der Waals surface area contributed by atoms with Gasteiger partial charge in [-0.25, -0.2) is 0 Å². The van der Waals surface area contributed by atoms with Crippen LogP contribution in [0, 0.1) is 5.92 Å². The monoisotopic (exact) mass is 261 g/mol. The zero-order valence-corrected chi connectivity index (χ0v) is 11.1. The molecule has 2 atom stereocenters. The number of carbonyl (C=O) groups excluding carboxylic acids is 1. The lowest BCUT2D eigenvalue weighted by atomic mass is 9.93. The summed E-state index contributed by atoms with van der Waals surface area (Å²) in [6.45, 7) is 1.10. The van der Waals surface area contributed by atoms with Gasteiger partial charge < -0.3 is 14.8 Å². The van der Waals surface area contributed by atoms with Gasteiger partial charge in [-0.3, -0.25) is 4.79 Å². The van der Waals surface area contributed by atoms with Crippen LogP contribution in [-0.2, 0) is 4.74 Å². The van der Waals surface area contributed by atoms with Crippen LogP contribution >= 0.6 is 0 Å². The lowest BCUT2D eigenvalue weighted by Gasteiger charge is -2.16. The van der Waals surface area contributed by atoms with E-state index in [9.17, 15) is 4.79 Å². The average Bonchev–Trinajstić information content (AvgIpc) is 3.11. The highest BCUT2D eigenvalue weighted by Gasteiger charge is 2.33. The van der Waals surface area contributed by atoms with Gasteiger partial charge in [0.1, 0.15) is 5.75 Å². The van der Waals surface area contributed by atoms with E-state index in [1.807, 2.05) is 31.3 Å². The molecule has 102 valence electrons. The van der Waals surface area contributed by atoms with Crippen molar-refractivity contribution in [2.24, 2.45) is 5.92 Å². The Hall–Kier alpha value is -1.39. The van der Waals surface area contributed by atoms with Gasteiger partial charge in [0.2, 0.25) is 0 Å². The van der Waals surface area contributed by atoms with Crippen LogP contribution in [0.15, 0.2) is 24.3 Å². The van der Waals surface area contributed by atoms with Gasteiger partial charge in [0.05, 0.1) is 25.2 Å². The Balaban J connectivity index is 1.74. The predicted molar refractivity (Wildman–Crippen MR) is 71.6 cm³/mol. The van der Waals surface area contributed by atoms with Crippen molar-refractivity contribution in [2.75, 3.05) is 20.3 Å². The Morgan fingerprint density at radius 1 is 1.37 bits per heavy atom. The summed E-state index contributed by atoms with van der Waals surface area (Å²) < 4.78 is 11.1. The minimum atomic E-state index is -0.0961. The second-order valence-corrected chi connectivity index (χ2v) is 5.25. The molecular formula is C15H19NO3. The van der Waals surface area contributed by atoms with Crippen LogP contribution in [0.2, 0.25) is 0 Å². The molecule has 1 N–H and O–H groups in total. The standard InChI is InChI=1S/C15H19NO3/c1-16-14-9-18-8-13(14)15(17)10-3-2-4-12(7-10)19-11-5-6-11/h2-4,7,11,13-14,16H,5-6,8-9H2,1H3. The largest absolute Gasteiger partial charge is 0.490 e. The Morgan fingerprint density at radius 3 is 2.95 bits per heavy atom. The van der Waals surface area contributed by atoms with Crippen LogP contribution in [0.4, 0.5) is 0 Å². The molecule has 1 saturated heterocycles. The lowest BCUT2D eigenvalue weighted by molar-refractivity contribution is 0.0892. The minimum Gasteiger partial charge on any atom is -0.490 e. The Morgan fingerprint density at radius 2 is 2.21 bits per heavy atom. The first-order valence-electron chi connectivity index (χ1n) is 6.84. The number of rotatable bonds is 5. The average molecular weight is 261 g/mol. The molecule has 1 heterocycles. The second-order valence-electron chi connectivity index (χ2n) is 5.25. The van der Waals surface area contributed by atoms with Gasteiger partial charge in [0.25, 0.3) is 0 Å². The molecular weight excluding hydrogens is 242 g/mol. The molecule has 1 aliphatic heterocycles. The molecule has 4 heteroatoms. The van der Waals surface area contributed by atoms with E-state index in [-0.39, 0.29) is 17.7 Å². The third-order valence-corrected chi connectivity index (χ3v) is 3.73. The molecule has 1 aromatic rings. The van der Waals surface area contributed by atoms with Gasteiger partial charge in [-0.05, 0) is 32.0 Å². The molecule has 0 amide bonds. The van der Waals surface area contributed by atoms with Gasteiger partial charge in [0.15, 0.2) is 5.78 Å². The summed E-state index contributed by atoms with van der Waals surface area (Å²) in [6.07, 6.45) is 2.60. The first kappa shape index (κ1) is 12.6. The highest BCUT2D eigenvalue weighted by molar-refractivity contribution is 5.98. The first-order chi connectivity index (χ1) is 9.28. The maximum atomic E-state index is 12.5. The molecule has 3 rings (SSSR count). The van der Waals surface area contributed by atoms with Crippen molar-refractivity contribution in [3.05, 3.63) is 29.8 Å². The van der Waals surface area contributed by atoms with Gasteiger partial charge >= 0.3 is 0 Å². The third kappa shape index (κ3) is 2.80. The van der Waals surface area contributed by atoms with Gasteiger partial charge in [0, 0.05) is 11.6 Å². The maximum Gasteiger partial charge on any atom is 0.170 e. The molecule has 2 unspecified atom stereocenters. The number of nitrogens with one attached hydrogen (secondary N) is 1. The molecule has 4 nitrogen and oxygen atoms in total. The van der Waals surface area contributed by atoms with E-state index < -0.39 is 0 Å². The molecule has 1 saturated carbocycles. The van der Waals surface area contributed by atoms with Gasteiger partial charge in [-0.2, -0.15) is 0 Å². The molecule has 2 fully saturated rings. The fourth-order valence-corrected chi connectivity index (χ4v) is 2.41. The van der Waals surface area contributed by atoms with Crippen molar-refractivity contribution >= 4 is 5.78 Å². The summed E-state index contributed by atoms with van der Waals surface area (Å²) in [5.74, 6) is 0.840. The van der Waals surface area contributed by atoms with E-state index in [1.165, 1.54) is 0 Å². The topological polar surface area (TPSA) is 47.6 Å². The SMILES string of the molecule is CNC1COCC1C(=O)c1cccc(OC2CC2)c1. The fraction of sp³-hybridized carbons (Fsp3) is 0.533. The summed E-state index contributed by atoms with van der Waals surface area (Å²) in [6, 6.07) is 7.62. The summed E-state index contributed by atoms with van der Waals surface area (Å²) >= 11 is 0. The molecule has 0 aromatic heterocycles. The summed E-state index contributed by atoms with van der Waals surface area (Å²) in [7, 11) is 1.87. The summed E-state index contributed by atoms with van der Waals surface area (Å²) in [5.41, 5.74) is 0.717. The zero-order valence-electron chi connectivity index (χ0n) is 11.1. The quantitative estimate of drug-likeness (QED) is 0.819. The minimum absolute atomic E-state index is 0.0961. The number of Topliss-reactive ketones (excluding diaryl/α,β-unsaturated/α-hetero) is 1. The van der Waals surface area contributed by atoms with Gasteiger partial charge in [-0.1, -0.05) is 12.1 Å². The van der Waals surface area contributed by atoms with Crippen molar-refractivity contribution in [3.8, 4) is 5.75 Å². The van der Waals surface area contributed by atoms with E-state index >= 15 is 0 Å². The number of ketones is 1. The molecule has 0 spiro atoms. The normalized spacial score (nSPS) is 26.4. The van der Waals surface area contributed by atoms with Crippen molar-refractivity contribution in [1.82, 2.24) is 5.32 Å². The number of hydrogen-bond donors (Lipinski definition) is 1. The third-order valence-electron chi connectivity index (χ3n) is 3.73. The van der Waals surface area contributed by atoms with Crippen LogP contribution in [0.3, 0.4) is 0 Å². The number of hydrogen-bond acceptors (Lipinski definition) is 4. The summed E-state index contributed by atoms with van der Waals surface area (Å²) in [4.78, 5) is 12.5. The van der Waals surface area contributed by atoms with E-state index in [4.69, 9.17) is 9.47 Å². The van der Waals surface area contributed by atoms with Crippen molar-refractivity contribution in [3.63, 3.8) is 0 Å². The van der Waals surface area contributed by atoms with Gasteiger partial charge in [-0.15, -0.1) is 0 Å². The summed E-state index contributed by atoms with van der Waals surface area (Å²) in [5, 5.41) is 3.14. The maximum absolute atomic E-state index is 12.5. The fourth-order valence-electron chi connectivity index (χ4n) is 2.41. The smallest absolute Gasteiger partial charge is 0.170 e. The number of benzene rings is 1. The predicted octanol–water partition coefficient (Wildman–Crippen LogP) is 1.64. The zero-order chi connectivity index (χ0) is 13.2. The molecule has 19 heavy (non-hydrogen) atoms. The van der Waals surface area contributed by atoms with Crippen LogP contribution in [0.25, 0.3) is 0 Å². The second kappa shape index (κ2) is 5.31. The Bertz CT molecular complexity index is 470. The van der Waals surface area contributed by atoms with Crippen molar-refractivity contribution in [2.45, 2.75) is 25.0 Å². The van der Waals surface area contributed by atoms with Crippen LogP contribution < -0.4 is 10.1 Å². The Labute approximate surface area is 113 Å². The number of likely N-dealkylation sites (N-methyl/N-ethyl adjacent to an activating group) is 1. The van der Waals surface area contributed by atoms with Crippen LogP contribution in [0.5, 0.6) is 5.75 Å². The molecule has 0 bridgehead atoms. The molecule has 1 aliphatic carbocycles. The highest BCUT2D eigenvalue weighted by Crippen LogP contribution is 2.28. The van der Waals surface area contributed by atoms with E-state index in [2.05, 4.69) is 5.32 Å². The van der Waals surface area contributed by atoms with E-state index in [0.29, 0.717) is 24.9 Å².